The van der Waals surface area contributed by atoms with E-state index in [-0.39, 0.29) is 22.7 Å². The Morgan fingerprint density at radius 3 is 2.96 bits per heavy atom. The highest BCUT2D eigenvalue weighted by Crippen LogP contribution is 2.34. The molecule has 0 spiro atoms. The lowest BCUT2D eigenvalue weighted by molar-refractivity contribution is 0.0673. The first-order chi connectivity index (χ1) is 13.6. The van der Waals surface area contributed by atoms with E-state index in [1.54, 1.807) is 11.3 Å². The molecule has 1 amide bonds. The van der Waals surface area contributed by atoms with Gasteiger partial charge in [0, 0.05) is 18.0 Å². The number of fused-ring (bicyclic) bond motifs is 1. The van der Waals surface area contributed by atoms with E-state index in [4.69, 9.17) is 11.6 Å². The summed E-state index contributed by atoms with van der Waals surface area (Å²) in [4.78, 5) is 25.0. The number of hydrogen-bond donors (Lipinski definition) is 1. The van der Waals surface area contributed by atoms with E-state index in [1.807, 2.05) is 23.1 Å². The standard InChI is InChI=1S/C21H21ClN4OS/c1-14-16-9-12-28-18(16)8-11-26(14)20(27)19-17(22)13-24-21(25-19)23-10-7-15-5-3-2-4-6-15/h2-6,9,12-14H,7-8,10-11H2,1H3,(H,23,24,25). The molecule has 1 atom stereocenters. The molecule has 7 heteroatoms. The zero-order chi connectivity index (χ0) is 19.5. The molecular formula is C21H21ClN4OS. The predicted molar refractivity (Wildman–Crippen MR) is 113 cm³/mol. The number of hydrogen-bond acceptors (Lipinski definition) is 5. The number of nitrogens with zero attached hydrogens (tertiary/aromatic N) is 3. The van der Waals surface area contributed by atoms with Crippen molar-refractivity contribution in [2.24, 2.45) is 0 Å². The third-order valence-corrected chi connectivity index (χ3v) is 6.30. The lowest BCUT2D eigenvalue weighted by Crippen LogP contribution is -2.39. The maximum atomic E-state index is 13.1. The molecular weight excluding hydrogens is 392 g/mol. The Bertz CT molecular complexity index is 976. The van der Waals surface area contributed by atoms with E-state index >= 15 is 0 Å². The monoisotopic (exact) mass is 412 g/mol. The first-order valence-electron chi connectivity index (χ1n) is 9.31. The summed E-state index contributed by atoms with van der Waals surface area (Å²) in [5, 5.41) is 5.56. The molecule has 4 rings (SSSR count). The molecule has 1 aliphatic heterocycles. The Hall–Kier alpha value is -2.44. The molecule has 0 saturated carbocycles. The third kappa shape index (κ3) is 3.88. The van der Waals surface area contributed by atoms with Crippen LogP contribution in [-0.2, 0) is 12.8 Å². The maximum Gasteiger partial charge on any atom is 0.274 e. The van der Waals surface area contributed by atoms with Crippen LogP contribution >= 0.6 is 22.9 Å². The average Bonchev–Trinajstić information content (AvgIpc) is 3.20. The molecule has 0 fully saturated rings. The number of benzene rings is 1. The molecule has 3 aromatic rings. The molecule has 3 heterocycles. The number of halogens is 1. The fourth-order valence-electron chi connectivity index (χ4n) is 3.49. The number of thiophene rings is 1. The Labute approximate surface area is 173 Å². The molecule has 2 aromatic heterocycles. The minimum atomic E-state index is -0.150. The molecule has 5 nitrogen and oxygen atoms in total. The molecule has 1 unspecified atom stereocenters. The number of rotatable bonds is 5. The minimum absolute atomic E-state index is 0.0167. The number of anilines is 1. The van der Waals surface area contributed by atoms with Crippen LogP contribution in [0.1, 0.15) is 39.5 Å². The van der Waals surface area contributed by atoms with Gasteiger partial charge in [0.2, 0.25) is 5.95 Å². The van der Waals surface area contributed by atoms with Crippen LogP contribution in [0.25, 0.3) is 0 Å². The van der Waals surface area contributed by atoms with Crippen molar-refractivity contribution in [2.45, 2.75) is 25.8 Å². The van der Waals surface area contributed by atoms with Crippen molar-refractivity contribution < 1.29 is 4.79 Å². The Balaban J connectivity index is 1.47. The summed E-state index contributed by atoms with van der Waals surface area (Å²) >= 11 is 8.02. The Morgan fingerprint density at radius 1 is 1.32 bits per heavy atom. The second kappa shape index (κ2) is 8.29. The van der Waals surface area contributed by atoms with Crippen molar-refractivity contribution in [3.8, 4) is 0 Å². The first-order valence-corrected chi connectivity index (χ1v) is 10.6. The van der Waals surface area contributed by atoms with Crippen LogP contribution in [0.3, 0.4) is 0 Å². The molecule has 0 bridgehead atoms. The quantitative estimate of drug-likeness (QED) is 0.665. The summed E-state index contributed by atoms with van der Waals surface area (Å²) in [7, 11) is 0. The van der Waals surface area contributed by atoms with Crippen LogP contribution in [0, 0.1) is 0 Å². The lowest BCUT2D eigenvalue weighted by Gasteiger charge is -2.33. The van der Waals surface area contributed by atoms with Crippen molar-refractivity contribution in [3.63, 3.8) is 0 Å². The van der Waals surface area contributed by atoms with Gasteiger partial charge in [-0.25, -0.2) is 9.97 Å². The Kier molecular flexibility index (Phi) is 5.59. The van der Waals surface area contributed by atoms with Crippen LogP contribution in [0.2, 0.25) is 5.02 Å². The summed E-state index contributed by atoms with van der Waals surface area (Å²) in [6.45, 7) is 3.40. The lowest BCUT2D eigenvalue weighted by atomic mass is 10.0. The highest BCUT2D eigenvalue weighted by molar-refractivity contribution is 7.10. The van der Waals surface area contributed by atoms with Crippen LogP contribution in [-0.4, -0.2) is 33.9 Å². The van der Waals surface area contributed by atoms with Crippen LogP contribution in [0.15, 0.2) is 48.0 Å². The molecule has 1 aliphatic rings. The number of amides is 1. The van der Waals surface area contributed by atoms with E-state index in [0.29, 0.717) is 19.0 Å². The molecule has 1 aromatic carbocycles. The van der Waals surface area contributed by atoms with Gasteiger partial charge in [-0.3, -0.25) is 4.79 Å². The second-order valence-corrected chi connectivity index (χ2v) is 8.18. The van der Waals surface area contributed by atoms with Crippen LogP contribution in [0.4, 0.5) is 5.95 Å². The zero-order valence-electron chi connectivity index (χ0n) is 15.6. The van der Waals surface area contributed by atoms with E-state index < -0.39 is 0 Å². The highest BCUT2D eigenvalue weighted by Gasteiger charge is 2.31. The third-order valence-electron chi connectivity index (χ3n) is 5.02. The molecule has 1 N–H and O–H groups in total. The SMILES string of the molecule is CC1c2ccsc2CCN1C(=O)c1nc(NCCc2ccccc2)ncc1Cl. The van der Waals surface area contributed by atoms with Crippen molar-refractivity contribution in [3.05, 3.63) is 74.7 Å². The van der Waals surface area contributed by atoms with Gasteiger partial charge in [0.15, 0.2) is 5.69 Å². The van der Waals surface area contributed by atoms with Gasteiger partial charge in [0.25, 0.3) is 5.91 Å². The van der Waals surface area contributed by atoms with E-state index in [9.17, 15) is 4.79 Å². The number of carbonyl (C=O) groups excluding carboxylic acids is 1. The normalized spacial score (nSPS) is 15.9. The molecule has 0 aliphatic carbocycles. The maximum absolute atomic E-state index is 13.1. The van der Waals surface area contributed by atoms with Crippen LogP contribution < -0.4 is 5.32 Å². The van der Waals surface area contributed by atoms with Gasteiger partial charge >= 0.3 is 0 Å². The van der Waals surface area contributed by atoms with Gasteiger partial charge < -0.3 is 10.2 Å². The zero-order valence-corrected chi connectivity index (χ0v) is 17.1. The fraction of sp³-hybridized carbons (Fsp3) is 0.286. The molecule has 0 saturated heterocycles. The van der Waals surface area contributed by atoms with E-state index in [1.165, 1.54) is 22.2 Å². The topological polar surface area (TPSA) is 58.1 Å². The van der Waals surface area contributed by atoms with Gasteiger partial charge in [0.1, 0.15) is 0 Å². The van der Waals surface area contributed by atoms with Gasteiger partial charge in [-0.2, -0.15) is 0 Å². The van der Waals surface area contributed by atoms with Crippen molar-refractivity contribution in [1.82, 2.24) is 14.9 Å². The molecule has 144 valence electrons. The molecule has 28 heavy (non-hydrogen) atoms. The summed E-state index contributed by atoms with van der Waals surface area (Å²) < 4.78 is 0. The largest absolute Gasteiger partial charge is 0.354 e. The fourth-order valence-corrected chi connectivity index (χ4v) is 4.62. The summed E-state index contributed by atoms with van der Waals surface area (Å²) in [5.74, 6) is 0.271. The van der Waals surface area contributed by atoms with E-state index in [0.717, 1.165) is 12.8 Å². The van der Waals surface area contributed by atoms with Crippen molar-refractivity contribution in [1.29, 1.82) is 0 Å². The second-order valence-electron chi connectivity index (χ2n) is 6.78. The predicted octanol–water partition coefficient (Wildman–Crippen LogP) is 4.61. The van der Waals surface area contributed by atoms with Crippen molar-refractivity contribution >= 4 is 34.8 Å². The average molecular weight is 413 g/mol. The highest BCUT2D eigenvalue weighted by atomic mass is 35.5. The van der Waals surface area contributed by atoms with Gasteiger partial charge in [-0.15, -0.1) is 11.3 Å². The van der Waals surface area contributed by atoms with Gasteiger partial charge in [-0.05, 0) is 42.3 Å². The van der Waals surface area contributed by atoms with Crippen LogP contribution in [0.5, 0.6) is 0 Å². The smallest absolute Gasteiger partial charge is 0.274 e. The van der Waals surface area contributed by atoms with Gasteiger partial charge in [-0.1, -0.05) is 41.9 Å². The Morgan fingerprint density at radius 2 is 2.14 bits per heavy atom. The molecule has 0 radical (unpaired) electrons. The summed E-state index contributed by atoms with van der Waals surface area (Å²) in [6, 6.07) is 12.3. The number of carbonyl (C=O) groups is 1. The van der Waals surface area contributed by atoms with Crippen molar-refractivity contribution in [2.75, 3.05) is 18.4 Å². The summed E-state index contributed by atoms with van der Waals surface area (Å²) in [6.07, 6.45) is 3.21. The van der Waals surface area contributed by atoms with E-state index in [2.05, 4.69) is 45.8 Å². The number of aromatic nitrogens is 2. The summed E-state index contributed by atoms with van der Waals surface area (Å²) in [5.41, 5.74) is 2.70. The number of nitrogens with one attached hydrogen (secondary N) is 1. The van der Waals surface area contributed by atoms with Gasteiger partial charge in [0.05, 0.1) is 17.3 Å². The first kappa shape index (κ1) is 18.9. The minimum Gasteiger partial charge on any atom is -0.354 e.